The lowest BCUT2D eigenvalue weighted by atomic mass is 10.2. The van der Waals surface area contributed by atoms with Gasteiger partial charge in [-0.2, -0.15) is 0 Å². The summed E-state index contributed by atoms with van der Waals surface area (Å²) in [6.45, 7) is 5.44. The third kappa shape index (κ3) is 7.84. The molecule has 0 aliphatic heterocycles. The van der Waals surface area contributed by atoms with Crippen LogP contribution in [0.1, 0.15) is 33.1 Å². The molecule has 0 fully saturated rings. The molecule has 0 atom stereocenters. The highest BCUT2D eigenvalue weighted by Crippen LogP contribution is 2.01. The summed E-state index contributed by atoms with van der Waals surface area (Å²) in [6, 6.07) is 0. The molecule has 0 heterocycles. The van der Waals surface area contributed by atoms with E-state index in [1.165, 1.54) is 7.11 Å². The smallest absolute Gasteiger partial charge is 0.333 e. The van der Waals surface area contributed by atoms with E-state index in [9.17, 15) is 9.59 Å². The number of carbonyl (C=O) groups is 2. The fourth-order valence-electron chi connectivity index (χ4n) is 1.39. The third-order valence-corrected chi connectivity index (χ3v) is 2.36. The normalized spacial score (nSPS) is 11.2. The van der Waals surface area contributed by atoms with Crippen LogP contribution in [0.4, 0.5) is 0 Å². The summed E-state index contributed by atoms with van der Waals surface area (Å²) >= 11 is 0. The zero-order valence-electron chi connectivity index (χ0n) is 11.5. The monoisotopic (exact) mass is 257 g/mol. The Labute approximate surface area is 109 Å². The van der Waals surface area contributed by atoms with E-state index in [0.717, 1.165) is 6.42 Å². The van der Waals surface area contributed by atoms with Gasteiger partial charge in [0.05, 0.1) is 13.7 Å². The van der Waals surface area contributed by atoms with Crippen LogP contribution in [0.2, 0.25) is 0 Å². The van der Waals surface area contributed by atoms with Crippen LogP contribution in [-0.4, -0.2) is 38.7 Å². The van der Waals surface area contributed by atoms with Gasteiger partial charge in [0.25, 0.3) is 0 Å². The van der Waals surface area contributed by atoms with Gasteiger partial charge in [-0.05, 0) is 26.3 Å². The minimum atomic E-state index is -0.286. The molecule has 104 valence electrons. The van der Waals surface area contributed by atoms with Gasteiger partial charge in [0, 0.05) is 18.5 Å². The fraction of sp³-hybridized carbons (Fsp3) is 0.692. The van der Waals surface area contributed by atoms with Crippen LogP contribution < -0.4 is 5.32 Å². The number of rotatable bonds is 9. The first-order valence-electron chi connectivity index (χ1n) is 6.29. The second-order valence-corrected chi connectivity index (χ2v) is 3.69. The Morgan fingerprint density at radius 3 is 2.56 bits per heavy atom. The predicted molar refractivity (Wildman–Crippen MR) is 69.1 cm³/mol. The molecule has 0 rings (SSSR count). The lowest BCUT2D eigenvalue weighted by Crippen LogP contribution is -2.18. The van der Waals surface area contributed by atoms with Crippen molar-refractivity contribution in [2.45, 2.75) is 33.1 Å². The van der Waals surface area contributed by atoms with Gasteiger partial charge in [-0.1, -0.05) is 13.0 Å². The van der Waals surface area contributed by atoms with E-state index in [0.29, 0.717) is 38.1 Å². The first kappa shape index (κ1) is 16.6. The lowest BCUT2D eigenvalue weighted by Gasteiger charge is -2.04. The fourth-order valence-corrected chi connectivity index (χ4v) is 1.39. The van der Waals surface area contributed by atoms with Crippen molar-refractivity contribution in [3.63, 3.8) is 0 Å². The number of ether oxygens (including phenoxy) is 2. The Kier molecular flexibility index (Phi) is 9.96. The zero-order valence-corrected chi connectivity index (χ0v) is 11.5. The van der Waals surface area contributed by atoms with Crippen LogP contribution in [0.15, 0.2) is 11.6 Å². The second kappa shape index (κ2) is 10.8. The number of esters is 2. The molecule has 18 heavy (non-hydrogen) atoms. The number of hydrogen-bond acceptors (Lipinski definition) is 5. The van der Waals surface area contributed by atoms with Crippen LogP contribution in [0.25, 0.3) is 0 Å². The summed E-state index contributed by atoms with van der Waals surface area (Å²) in [7, 11) is 1.37. The highest BCUT2D eigenvalue weighted by atomic mass is 16.5. The average molecular weight is 257 g/mol. The number of methoxy groups -OCH3 is 1. The Bertz CT molecular complexity index is 287. The Morgan fingerprint density at radius 2 is 2.00 bits per heavy atom. The van der Waals surface area contributed by atoms with Gasteiger partial charge >= 0.3 is 11.9 Å². The largest absolute Gasteiger partial charge is 0.466 e. The van der Waals surface area contributed by atoms with E-state index < -0.39 is 0 Å². The summed E-state index contributed by atoms with van der Waals surface area (Å²) in [6.07, 6.45) is 3.61. The summed E-state index contributed by atoms with van der Waals surface area (Å²) in [5, 5.41) is 3.13. The quantitative estimate of drug-likeness (QED) is 0.384. The van der Waals surface area contributed by atoms with Crippen molar-refractivity contribution in [2.75, 3.05) is 26.8 Å². The minimum absolute atomic E-state index is 0.168. The molecule has 0 bridgehead atoms. The van der Waals surface area contributed by atoms with Crippen molar-refractivity contribution < 1.29 is 19.1 Å². The predicted octanol–water partition coefficient (Wildman–Crippen LogP) is 1.43. The van der Waals surface area contributed by atoms with Gasteiger partial charge in [-0.3, -0.25) is 4.79 Å². The van der Waals surface area contributed by atoms with Crippen molar-refractivity contribution in [3.8, 4) is 0 Å². The molecule has 1 N–H and O–H groups in total. The van der Waals surface area contributed by atoms with Crippen LogP contribution >= 0.6 is 0 Å². The molecule has 0 aromatic carbocycles. The van der Waals surface area contributed by atoms with Crippen molar-refractivity contribution >= 4 is 11.9 Å². The van der Waals surface area contributed by atoms with Crippen molar-refractivity contribution in [1.82, 2.24) is 5.32 Å². The molecule has 0 aliphatic carbocycles. The van der Waals surface area contributed by atoms with E-state index in [4.69, 9.17) is 4.74 Å². The SMILES string of the molecule is CCOC(=O)CCCNC/C=C(/CC)C(=O)OC. The van der Waals surface area contributed by atoms with Crippen LogP contribution in [-0.2, 0) is 19.1 Å². The minimum Gasteiger partial charge on any atom is -0.466 e. The molecule has 0 aromatic heterocycles. The lowest BCUT2D eigenvalue weighted by molar-refractivity contribution is -0.143. The van der Waals surface area contributed by atoms with Gasteiger partial charge < -0.3 is 14.8 Å². The van der Waals surface area contributed by atoms with Gasteiger partial charge in [0.1, 0.15) is 0 Å². The molecule has 0 amide bonds. The van der Waals surface area contributed by atoms with E-state index in [1.807, 2.05) is 13.0 Å². The van der Waals surface area contributed by atoms with Gasteiger partial charge in [-0.15, -0.1) is 0 Å². The maximum absolute atomic E-state index is 11.2. The molecule has 0 saturated carbocycles. The van der Waals surface area contributed by atoms with Gasteiger partial charge in [-0.25, -0.2) is 4.79 Å². The second-order valence-electron chi connectivity index (χ2n) is 3.69. The van der Waals surface area contributed by atoms with E-state index in [2.05, 4.69) is 10.1 Å². The number of carbonyl (C=O) groups excluding carboxylic acids is 2. The molecule has 0 aliphatic rings. The first-order valence-corrected chi connectivity index (χ1v) is 6.29. The van der Waals surface area contributed by atoms with Crippen LogP contribution in [0, 0.1) is 0 Å². The molecule has 0 unspecified atom stereocenters. The summed E-state index contributed by atoms with van der Waals surface area (Å²) in [5.41, 5.74) is 0.662. The highest BCUT2D eigenvalue weighted by molar-refractivity contribution is 5.88. The Hall–Kier alpha value is -1.36. The molecule has 0 radical (unpaired) electrons. The summed E-state index contributed by atoms with van der Waals surface area (Å²) in [5.74, 6) is -0.454. The van der Waals surface area contributed by atoms with E-state index >= 15 is 0 Å². The molecular formula is C13H23NO4. The molecule has 5 heteroatoms. The molecule has 0 saturated heterocycles. The Balaban J connectivity index is 3.68. The standard InChI is InChI=1S/C13H23NO4/c1-4-11(13(16)17-3)8-10-14-9-6-7-12(15)18-5-2/h8,14H,4-7,9-10H2,1-3H3/b11-8-. The number of hydrogen-bond donors (Lipinski definition) is 1. The van der Waals surface area contributed by atoms with Crippen LogP contribution in [0.3, 0.4) is 0 Å². The van der Waals surface area contributed by atoms with Gasteiger partial charge in [0.15, 0.2) is 0 Å². The van der Waals surface area contributed by atoms with Gasteiger partial charge in [0.2, 0.25) is 0 Å². The number of nitrogens with one attached hydrogen (secondary N) is 1. The molecule has 0 spiro atoms. The molecule has 5 nitrogen and oxygen atoms in total. The van der Waals surface area contributed by atoms with E-state index in [1.54, 1.807) is 6.92 Å². The Morgan fingerprint density at radius 1 is 1.28 bits per heavy atom. The topological polar surface area (TPSA) is 64.6 Å². The third-order valence-electron chi connectivity index (χ3n) is 2.36. The van der Waals surface area contributed by atoms with Crippen molar-refractivity contribution in [1.29, 1.82) is 0 Å². The molecular weight excluding hydrogens is 234 g/mol. The summed E-state index contributed by atoms with van der Waals surface area (Å²) in [4.78, 5) is 22.3. The highest BCUT2D eigenvalue weighted by Gasteiger charge is 2.05. The maximum atomic E-state index is 11.2. The maximum Gasteiger partial charge on any atom is 0.333 e. The van der Waals surface area contributed by atoms with E-state index in [-0.39, 0.29) is 11.9 Å². The first-order chi connectivity index (χ1) is 8.65. The average Bonchev–Trinajstić information content (AvgIpc) is 2.37. The summed E-state index contributed by atoms with van der Waals surface area (Å²) < 4.78 is 9.45. The van der Waals surface area contributed by atoms with Crippen molar-refractivity contribution in [3.05, 3.63) is 11.6 Å². The van der Waals surface area contributed by atoms with Crippen LogP contribution in [0.5, 0.6) is 0 Å². The zero-order chi connectivity index (χ0) is 13.8. The molecule has 0 aromatic rings. The van der Waals surface area contributed by atoms with Crippen molar-refractivity contribution in [2.24, 2.45) is 0 Å².